The van der Waals surface area contributed by atoms with E-state index in [0.717, 1.165) is 0 Å². The number of aryl methyl sites for hydroxylation is 1. The number of aliphatic hydroxyl groups is 1. The third-order valence-corrected chi connectivity index (χ3v) is 5.69. The first-order valence-electron chi connectivity index (χ1n) is 9.78. The van der Waals surface area contributed by atoms with E-state index in [1.807, 2.05) is 0 Å². The minimum Gasteiger partial charge on any atom is -0.493 e. The van der Waals surface area contributed by atoms with E-state index in [-0.39, 0.29) is 19.1 Å². The van der Waals surface area contributed by atoms with Crippen LogP contribution in [0.1, 0.15) is 40.2 Å². The number of nitrogens with zero attached hydrogens (tertiary/aromatic N) is 1. The van der Waals surface area contributed by atoms with Crippen molar-refractivity contribution in [2.24, 2.45) is 5.73 Å². The van der Waals surface area contributed by atoms with Crippen LogP contribution in [0.4, 0.5) is 0 Å². The number of ether oxygens (including phenoxy) is 2. The van der Waals surface area contributed by atoms with Crippen molar-refractivity contribution in [2.45, 2.75) is 31.8 Å². The highest BCUT2D eigenvalue weighted by molar-refractivity contribution is 6.08. The number of carbonyl (C=O) groups excluding carboxylic acids is 1. The number of furan rings is 1. The molecule has 0 unspecified atom stereocenters. The fourth-order valence-corrected chi connectivity index (χ4v) is 4.18. The number of amides is 1. The van der Waals surface area contributed by atoms with Crippen LogP contribution in [0.25, 0.3) is 11.0 Å². The first-order valence-corrected chi connectivity index (χ1v) is 9.78. The maximum Gasteiger partial charge on any atom is 0.252 e. The van der Waals surface area contributed by atoms with Gasteiger partial charge in [-0.15, -0.1) is 0 Å². The monoisotopic (exact) mass is 412 g/mol. The zero-order valence-corrected chi connectivity index (χ0v) is 16.7. The summed E-state index contributed by atoms with van der Waals surface area (Å²) in [7, 11) is 0. The van der Waals surface area contributed by atoms with Gasteiger partial charge in [-0.2, -0.15) is 0 Å². The number of aliphatic hydroxyl groups excluding tert-OH is 1. The minimum absolute atomic E-state index is 0.0930. The molecule has 0 atom stereocenters. The van der Waals surface area contributed by atoms with Crippen LogP contribution >= 0.6 is 0 Å². The Bertz CT molecular complexity index is 1080. The Morgan fingerprint density at radius 2 is 2.03 bits per heavy atom. The second-order valence-electron chi connectivity index (χ2n) is 7.54. The van der Waals surface area contributed by atoms with Crippen molar-refractivity contribution >= 4 is 16.9 Å². The largest absolute Gasteiger partial charge is 0.493 e. The number of primary amides is 1. The van der Waals surface area contributed by atoms with Gasteiger partial charge in [0.05, 0.1) is 17.9 Å². The molecule has 0 spiro atoms. The predicted octanol–water partition coefficient (Wildman–Crippen LogP) is 2.56. The van der Waals surface area contributed by atoms with Gasteiger partial charge in [0, 0.05) is 35.6 Å². The van der Waals surface area contributed by atoms with E-state index in [0.29, 0.717) is 65.4 Å². The third kappa shape index (κ3) is 3.48. The molecule has 1 saturated heterocycles. The number of pyridine rings is 1. The average molecular weight is 412 g/mol. The fourth-order valence-electron chi connectivity index (χ4n) is 4.18. The maximum absolute atomic E-state index is 12.2. The quantitative estimate of drug-likeness (QED) is 0.567. The van der Waals surface area contributed by atoms with E-state index in [1.165, 1.54) is 6.07 Å². The summed E-state index contributed by atoms with van der Waals surface area (Å²) in [6, 6.07) is 8.40. The number of aromatic hydroxyl groups is 1. The number of hydrogen-bond acceptors (Lipinski definition) is 7. The van der Waals surface area contributed by atoms with Crippen LogP contribution < -0.4 is 10.5 Å². The van der Waals surface area contributed by atoms with Crippen LogP contribution in [-0.2, 0) is 16.8 Å². The molecule has 1 amide bonds. The molecule has 1 fully saturated rings. The molecule has 4 rings (SSSR count). The van der Waals surface area contributed by atoms with Gasteiger partial charge in [-0.3, -0.25) is 4.79 Å². The van der Waals surface area contributed by atoms with Gasteiger partial charge >= 0.3 is 0 Å². The normalized spacial score (nSPS) is 15.9. The topological polar surface area (TPSA) is 128 Å². The molecule has 30 heavy (non-hydrogen) atoms. The molecule has 4 N–H and O–H groups in total. The summed E-state index contributed by atoms with van der Waals surface area (Å²) >= 11 is 0. The Balaban J connectivity index is 1.88. The summed E-state index contributed by atoms with van der Waals surface area (Å²) in [6.45, 7) is 2.61. The number of carbonyl (C=O) groups is 1. The van der Waals surface area contributed by atoms with E-state index in [9.17, 15) is 15.0 Å². The first-order chi connectivity index (χ1) is 14.4. The van der Waals surface area contributed by atoms with E-state index >= 15 is 0 Å². The fraction of sp³-hybridized carbons (Fsp3) is 0.364. The molecule has 3 aromatic rings. The first kappa shape index (κ1) is 20.2. The lowest BCUT2D eigenvalue weighted by atomic mass is 9.72. The van der Waals surface area contributed by atoms with Crippen LogP contribution in [0.3, 0.4) is 0 Å². The van der Waals surface area contributed by atoms with Gasteiger partial charge in [-0.25, -0.2) is 4.98 Å². The Kier molecular flexibility index (Phi) is 5.36. The molecule has 0 saturated carbocycles. The molecular formula is C22H24N2O6. The van der Waals surface area contributed by atoms with Gasteiger partial charge in [-0.05, 0) is 38.0 Å². The number of aromatic nitrogens is 1. The average Bonchev–Trinajstić information content (AvgIpc) is 3.08. The van der Waals surface area contributed by atoms with E-state index in [1.54, 1.807) is 31.2 Å². The van der Waals surface area contributed by atoms with Crippen LogP contribution in [0.2, 0.25) is 0 Å². The number of benzene rings is 1. The van der Waals surface area contributed by atoms with Crippen LogP contribution in [0.5, 0.6) is 11.6 Å². The summed E-state index contributed by atoms with van der Waals surface area (Å²) < 4.78 is 17.4. The van der Waals surface area contributed by atoms with E-state index < -0.39 is 11.3 Å². The second-order valence-corrected chi connectivity index (χ2v) is 7.54. The number of rotatable bonds is 6. The molecule has 1 aliphatic rings. The Morgan fingerprint density at radius 1 is 1.27 bits per heavy atom. The highest BCUT2D eigenvalue weighted by Gasteiger charge is 2.40. The van der Waals surface area contributed by atoms with E-state index in [4.69, 9.17) is 19.6 Å². The predicted molar refractivity (Wildman–Crippen MR) is 109 cm³/mol. The maximum atomic E-state index is 12.2. The zero-order chi connectivity index (χ0) is 21.3. The Hall–Kier alpha value is -3.10. The summed E-state index contributed by atoms with van der Waals surface area (Å²) in [5, 5.41) is 20.6. The van der Waals surface area contributed by atoms with Gasteiger partial charge in [-0.1, -0.05) is 6.07 Å². The van der Waals surface area contributed by atoms with Gasteiger partial charge in [0.15, 0.2) is 0 Å². The van der Waals surface area contributed by atoms with Crippen molar-refractivity contribution in [1.29, 1.82) is 0 Å². The van der Waals surface area contributed by atoms with Crippen molar-refractivity contribution in [2.75, 3.05) is 19.8 Å². The van der Waals surface area contributed by atoms with Crippen molar-refractivity contribution in [3.8, 4) is 11.6 Å². The minimum atomic E-state index is -0.667. The molecule has 8 nitrogen and oxygen atoms in total. The molecular weight excluding hydrogens is 388 g/mol. The molecule has 0 bridgehead atoms. The lowest BCUT2D eigenvalue weighted by Crippen LogP contribution is -2.38. The summed E-state index contributed by atoms with van der Waals surface area (Å²) in [5.74, 6) is 0.238. The van der Waals surface area contributed by atoms with Gasteiger partial charge < -0.3 is 29.8 Å². The molecule has 158 valence electrons. The van der Waals surface area contributed by atoms with Crippen LogP contribution in [0, 0.1) is 6.92 Å². The summed E-state index contributed by atoms with van der Waals surface area (Å²) in [5.41, 5.74) is 7.05. The molecule has 1 aromatic carbocycles. The van der Waals surface area contributed by atoms with Crippen molar-refractivity contribution in [3.63, 3.8) is 0 Å². The SMILES string of the molecule is Cc1oc2ccc(OCc3cccc(O)n3)c(C3(CO)CCOCC3)c2c1C(N)=O. The van der Waals surface area contributed by atoms with Crippen LogP contribution in [0.15, 0.2) is 34.7 Å². The third-order valence-electron chi connectivity index (χ3n) is 5.69. The van der Waals surface area contributed by atoms with Crippen molar-refractivity contribution < 1.29 is 28.9 Å². The lowest BCUT2D eigenvalue weighted by molar-refractivity contribution is 0.0246. The Labute approximate surface area is 173 Å². The lowest BCUT2D eigenvalue weighted by Gasteiger charge is -2.37. The molecule has 0 radical (unpaired) electrons. The summed E-state index contributed by atoms with van der Waals surface area (Å²) in [4.78, 5) is 16.3. The molecule has 3 heterocycles. The van der Waals surface area contributed by atoms with Gasteiger partial charge in [0.25, 0.3) is 5.91 Å². The zero-order valence-electron chi connectivity index (χ0n) is 16.7. The van der Waals surface area contributed by atoms with Crippen molar-refractivity contribution in [1.82, 2.24) is 4.98 Å². The smallest absolute Gasteiger partial charge is 0.252 e. The standard InChI is InChI=1S/C22H24N2O6/c1-13-18(21(23)27)19-15(30-13)5-6-16(29-11-14-3-2-4-17(26)24-14)20(19)22(12-25)7-9-28-10-8-22/h2-6,25H,7-12H2,1H3,(H2,23,27)(H,24,26). The molecule has 1 aliphatic heterocycles. The van der Waals surface area contributed by atoms with Crippen molar-refractivity contribution in [3.05, 3.63) is 52.9 Å². The van der Waals surface area contributed by atoms with Gasteiger partial charge in [0.1, 0.15) is 23.7 Å². The highest BCUT2D eigenvalue weighted by atomic mass is 16.5. The highest BCUT2D eigenvalue weighted by Crippen LogP contribution is 2.46. The second kappa shape index (κ2) is 7.97. The molecule has 0 aliphatic carbocycles. The van der Waals surface area contributed by atoms with E-state index in [2.05, 4.69) is 4.98 Å². The number of hydrogen-bond donors (Lipinski definition) is 3. The summed E-state index contributed by atoms with van der Waals surface area (Å²) in [6.07, 6.45) is 1.12. The molecule has 8 heteroatoms. The number of fused-ring (bicyclic) bond motifs is 1. The van der Waals surface area contributed by atoms with Crippen LogP contribution in [-0.4, -0.2) is 40.9 Å². The molecule has 2 aromatic heterocycles. The van der Waals surface area contributed by atoms with Gasteiger partial charge in [0.2, 0.25) is 5.88 Å². The Morgan fingerprint density at radius 3 is 2.70 bits per heavy atom. The number of nitrogens with two attached hydrogens (primary N) is 1.